The zero-order valence-electron chi connectivity index (χ0n) is 11.5. The third-order valence-electron chi connectivity index (χ3n) is 3.45. The lowest BCUT2D eigenvalue weighted by Gasteiger charge is -2.07. The summed E-state index contributed by atoms with van der Waals surface area (Å²) in [5.41, 5.74) is 2.44. The van der Waals surface area contributed by atoms with E-state index in [0.29, 0.717) is 38.9 Å². The number of aromatic amines is 1. The van der Waals surface area contributed by atoms with Crippen LogP contribution in [0.15, 0.2) is 29.2 Å². The fraction of sp³-hybridized carbons (Fsp3) is 0.133. The number of rotatable bonds is 2. The van der Waals surface area contributed by atoms with Gasteiger partial charge in [0.25, 0.3) is 5.56 Å². The van der Waals surface area contributed by atoms with Gasteiger partial charge in [-0.05, 0) is 24.6 Å². The number of benzene rings is 1. The second-order valence-electron chi connectivity index (χ2n) is 4.86. The first-order chi connectivity index (χ1) is 10.5. The van der Waals surface area contributed by atoms with Crippen LogP contribution in [0.4, 0.5) is 0 Å². The van der Waals surface area contributed by atoms with Gasteiger partial charge >= 0.3 is 0 Å². The molecular formula is C15H10Cl2N4O. The van der Waals surface area contributed by atoms with Crippen LogP contribution in [0, 0.1) is 18.3 Å². The molecule has 0 saturated carbocycles. The summed E-state index contributed by atoms with van der Waals surface area (Å²) in [4.78, 5) is 16.9. The Hall–Kier alpha value is -2.29. The Kier molecular flexibility index (Phi) is 3.65. The lowest BCUT2D eigenvalue weighted by atomic mass is 10.1. The minimum absolute atomic E-state index is 0.227. The summed E-state index contributed by atoms with van der Waals surface area (Å²) in [6, 6.07) is 7.24. The summed E-state index contributed by atoms with van der Waals surface area (Å²) in [5, 5.41) is 12.7. The molecule has 0 spiro atoms. The van der Waals surface area contributed by atoms with Crippen LogP contribution in [0.3, 0.4) is 0 Å². The van der Waals surface area contributed by atoms with Crippen LogP contribution in [0.1, 0.15) is 22.4 Å². The fourth-order valence-electron chi connectivity index (χ4n) is 2.30. The van der Waals surface area contributed by atoms with E-state index >= 15 is 0 Å². The molecule has 3 rings (SSSR count). The molecule has 2 heterocycles. The van der Waals surface area contributed by atoms with E-state index in [0.717, 1.165) is 5.56 Å². The van der Waals surface area contributed by atoms with Crippen molar-refractivity contribution >= 4 is 28.8 Å². The van der Waals surface area contributed by atoms with Gasteiger partial charge < -0.3 is 0 Å². The first kappa shape index (κ1) is 14.6. The summed E-state index contributed by atoms with van der Waals surface area (Å²) >= 11 is 11.9. The Labute approximate surface area is 135 Å². The Bertz CT molecular complexity index is 982. The van der Waals surface area contributed by atoms with E-state index in [1.807, 2.05) is 12.1 Å². The molecule has 1 N–H and O–H groups in total. The van der Waals surface area contributed by atoms with Crippen LogP contribution in [0.5, 0.6) is 0 Å². The molecule has 0 radical (unpaired) electrons. The van der Waals surface area contributed by atoms with Crippen molar-refractivity contribution in [3.63, 3.8) is 0 Å². The second kappa shape index (κ2) is 5.48. The van der Waals surface area contributed by atoms with Gasteiger partial charge in [0.15, 0.2) is 5.65 Å². The van der Waals surface area contributed by atoms with Gasteiger partial charge in [-0.1, -0.05) is 29.3 Å². The van der Waals surface area contributed by atoms with Gasteiger partial charge in [0.1, 0.15) is 11.6 Å². The number of nitriles is 1. The Morgan fingerprint density at radius 1 is 1.36 bits per heavy atom. The van der Waals surface area contributed by atoms with E-state index < -0.39 is 0 Å². The lowest BCUT2D eigenvalue weighted by Crippen LogP contribution is -2.22. The largest absolute Gasteiger partial charge is 0.295 e. The molecule has 0 unspecified atom stereocenters. The highest BCUT2D eigenvalue weighted by molar-refractivity contribution is 6.42. The molecule has 0 bridgehead atoms. The van der Waals surface area contributed by atoms with Crippen molar-refractivity contribution in [1.82, 2.24) is 14.6 Å². The highest BCUT2D eigenvalue weighted by Crippen LogP contribution is 2.23. The Balaban J connectivity index is 2.13. The second-order valence-corrected chi connectivity index (χ2v) is 5.68. The van der Waals surface area contributed by atoms with E-state index in [4.69, 9.17) is 28.5 Å². The quantitative estimate of drug-likeness (QED) is 0.783. The maximum absolute atomic E-state index is 12.6. The highest BCUT2D eigenvalue weighted by atomic mass is 35.5. The standard InChI is InChI=1S/C15H10Cl2N4O/c1-8-11(4-9-2-3-12(16)13(17)5-9)15(22)21-14(20-8)10(6-18)7-19-21/h2-3,5,7,19H,4H2,1H3. The predicted molar refractivity (Wildman–Crippen MR) is 84.5 cm³/mol. The van der Waals surface area contributed by atoms with E-state index in [2.05, 4.69) is 10.1 Å². The van der Waals surface area contributed by atoms with Crippen LogP contribution in [0.2, 0.25) is 10.0 Å². The van der Waals surface area contributed by atoms with Gasteiger partial charge in [0.05, 0.1) is 10.0 Å². The summed E-state index contributed by atoms with van der Waals surface area (Å²) in [7, 11) is 0. The minimum atomic E-state index is -0.227. The van der Waals surface area contributed by atoms with E-state index in [1.165, 1.54) is 10.7 Å². The maximum atomic E-state index is 12.6. The first-order valence-corrected chi connectivity index (χ1v) is 7.20. The molecule has 1 aromatic carbocycles. The summed E-state index contributed by atoms with van der Waals surface area (Å²) in [6.45, 7) is 1.75. The van der Waals surface area contributed by atoms with Gasteiger partial charge in [-0.3, -0.25) is 9.89 Å². The van der Waals surface area contributed by atoms with Crippen molar-refractivity contribution in [3.05, 3.63) is 67.2 Å². The van der Waals surface area contributed by atoms with Crippen molar-refractivity contribution in [2.45, 2.75) is 13.3 Å². The number of aryl methyl sites for hydroxylation is 1. The number of aromatic nitrogens is 3. The smallest absolute Gasteiger partial charge is 0.276 e. The van der Waals surface area contributed by atoms with Gasteiger partial charge in [0.2, 0.25) is 0 Å². The van der Waals surface area contributed by atoms with Crippen LogP contribution in [0.25, 0.3) is 5.65 Å². The van der Waals surface area contributed by atoms with Gasteiger partial charge in [0, 0.05) is 23.9 Å². The van der Waals surface area contributed by atoms with Crippen molar-refractivity contribution in [1.29, 1.82) is 5.26 Å². The third kappa shape index (κ3) is 2.37. The molecule has 2 aromatic heterocycles. The van der Waals surface area contributed by atoms with Gasteiger partial charge in [-0.2, -0.15) is 5.26 Å². The SMILES string of the molecule is Cc1nc2c(C#N)c[nH]n2c(=O)c1Cc1ccc(Cl)c(Cl)c1. The normalized spacial score (nSPS) is 10.8. The van der Waals surface area contributed by atoms with Crippen molar-refractivity contribution in [2.75, 3.05) is 0 Å². The van der Waals surface area contributed by atoms with Crippen LogP contribution in [-0.2, 0) is 6.42 Å². The van der Waals surface area contributed by atoms with Crippen LogP contribution in [-0.4, -0.2) is 14.6 Å². The molecule has 0 aliphatic carbocycles. The molecule has 0 aliphatic heterocycles. The summed E-state index contributed by atoms with van der Waals surface area (Å²) in [6.07, 6.45) is 1.85. The molecule has 3 aromatic rings. The molecule has 0 aliphatic rings. The lowest BCUT2D eigenvalue weighted by molar-refractivity contribution is 0.859. The van der Waals surface area contributed by atoms with E-state index in [1.54, 1.807) is 19.1 Å². The molecular weight excluding hydrogens is 323 g/mol. The average Bonchev–Trinajstić information content (AvgIpc) is 2.90. The first-order valence-electron chi connectivity index (χ1n) is 6.45. The highest BCUT2D eigenvalue weighted by Gasteiger charge is 2.14. The molecule has 110 valence electrons. The summed E-state index contributed by atoms with van der Waals surface area (Å²) < 4.78 is 1.28. The Morgan fingerprint density at radius 2 is 2.14 bits per heavy atom. The molecule has 22 heavy (non-hydrogen) atoms. The maximum Gasteiger partial charge on any atom is 0.276 e. The Morgan fingerprint density at radius 3 is 2.82 bits per heavy atom. The molecule has 0 saturated heterocycles. The average molecular weight is 333 g/mol. The summed E-state index contributed by atoms with van der Waals surface area (Å²) in [5.74, 6) is 0. The monoisotopic (exact) mass is 332 g/mol. The van der Waals surface area contributed by atoms with Crippen molar-refractivity contribution in [3.8, 4) is 6.07 Å². The van der Waals surface area contributed by atoms with Crippen molar-refractivity contribution in [2.24, 2.45) is 0 Å². The predicted octanol–water partition coefficient (Wildman–Crippen LogP) is 3.10. The minimum Gasteiger partial charge on any atom is -0.295 e. The third-order valence-corrected chi connectivity index (χ3v) is 4.19. The van der Waals surface area contributed by atoms with E-state index in [9.17, 15) is 4.79 Å². The van der Waals surface area contributed by atoms with Crippen LogP contribution >= 0.6 is 23.2 Å². The van der Waals surface area contributed by atoms with Crippen molar-refractivity contribution < 1.29 is 0 Å². The zero-order valence-corrected chi connectivity index (χ0v) is 13.0. The number of H-pyrrole nitrogens is 1. The molecule has 0 fully saturated rings. The molecule has 0 amide bonds. The number of halogens is 2. The number of nitrogens with zero attached hydrogens (tertiary/aromatic N) is 3. The number of hydrogen-bond donors (Lipinski definition) is 1. The van der Waals surface area contributed by atoms with Crippen LogP contribution < -0.4 is 5.56 Å². The van der Waals surface area contributed by atoms with E-state index in [-0.39, 0.29) is 5.56 Å². The van der Waals surface area contributed by atoms with Gasteiger partial charge in [-0.25, -0.2) is 9.50 Å². The molecule has 5 nitrogen and oxygen atoms in total. The zero-order chi connectivity index (χ0) is 15.9. The fourth-order valence-corrected chi connectivity index (χ4v) is 2.62. The number of fused-ring (bicyclic) bond motifs is 1. The topological polar surface area (TPSA) is 73.9 Å². The number of nitrogens with one attached hydrogen (secondary N) is 1. The van der Waals surface area contributed by atoms with Gasteiger partial charge in [-0.15, -0.1) is 0 Å². The molecule has 0 atom stereocenters. The number of hydrogen-bond acceptors (Lipinski definition) is 3. The molecule has 7 heteroatoms.